The standard InChI is InChI=1S/C22H25ClFN5O4S/c23-21-19(26-12-16-2-1-9-33-14-16)13-27-29(22(21)30)17-5-7-28(8-6-17)34(31,32)20-4-3-15(11-25)10-18(20)24/h3-4,10,13,16-17,26H,1-2,5-9,12,14H2/t16-/m1/s1. The van der Waals surface area contributed by atoms with E-state index in [0.717, 1.165) is 31.6 Å². The van der Waals surface area contributed by atoms with Gasteiger partial charge < -0.3 is 10.1 Å². The molecule has 0 radical (unpaired) electrons. The van der Waals surface area contributed by atoms with Gasteiger partial charge >= 0.3 is 0 Å². The molecule has 0 saturated carbocycles. The lowest BCUT2D eigenvalue weighted by Crippen LogP contribution is -2.41. The molecular formula is C22H25ClFN5O4S. The van der Waals surface area contributed by atoms with E-state index < -0.39 is 26.3 Å². The molecule has 3 heterocycles. The fraction of sp³-hybridized carbons (Fsp3) is 0.500. The SMILES string of the molecule is N#Cc1ccc(S(=O)(=O)N2CCC(n3ncc(NC[C@H]4CCCOC4)c(Cl)c3=O)CC2)c(F)c1. The smallest absolute Gasteiger partial charge is 0.287 e. The summed E-state index contributed by atoms with van der Waals surface area (Å²) >= 11 is 6.32. The van der Waals surface area contributed by atoms with E-state index in [1.54, 1.807) is 6.07 Å². The second-order valence-electron chi connectivity index (χ2n) is 8.48. The number of rotatable bonds is 6. The summed E-state index contributed by atoms with van der Waals surface area (Å²) in [6.45, 7) is 2.27. The molecule has 182 valence electrons. The van der Waals surface area contributed by atoms with Crippen molar-refractivity contribution in [1.82, 2.24) is 14.1 Å². The van der Waals surface area contributed by atoms with Crippen LogP contribution in [0.3, 0.4) is 0 Å². The van der Waals surface area contributed by atoms with Crippen LogP contribution >= 0.6 is 11.6 Å². The Hall–Kier alpha value is -2.52. The summed E-state index contributed by atoms with van der Waals surface area (Å²) in [5, 5.41) is 16.4. The van der Waals surface area contributed by atoms with E-state index in [2.05, 4.69) is 10.4 Å². The van der Waals surface area contributed by atoms with Crippen LogP contribution in [0.1, 0.15) is 37.3 Å². The van der Waals surface area contributed by atoms with Crippen molar-refractivity contribution in [2.24, 2.45) is 5.92 Å². The van der Waals surface area contributed by atoms with Gasteiger partial charge in [-0.1, -0.05) is 11.6 Å². The van der Waals surface area contributed by atoms with Gasteiger partial charge in [0.25, 0.3) is 5.56 Å². The van der Waals surface area contributed by atoms with E-state index in [9.17, 15) is 17.6 Å². The number of anilines is 1. The molecule has 0 unspecified atom stereocenters. The molecule has 12 heteroatoms. The average molecular weight is 510 g/mol. The van der Waals surface area contributed by atoms with E-state index in [0.29, 0.717) is 37.6 Å². The molecule has 1 aromatic carbocycles. The molecule has 1 aromatic heterocycles. The molecule has 2 saturated heterocycles. The molecule has 9 nitrogen and oxygen atoms in total. The van der Waals surface area contributed by atoms with Gasteiger partial charge in [0.2, 0.25) is 10.0 Å². The molecule has 1 N–H and O–H groups in total. The van der Waals surface area contributed by atoms with E-state index in [1.807, 2.05) is 0 Å². The van der Waals surface area contributed by atoms with E-state index in [-0.39, 0.29) is 29.7 Å². The minimum absolute atomic E-state index is 0.0430. The van der Waals surface area contributed by atoms with Crippen molar-refractivity contribution in [3.63, 3.8) is 0 Å². The molecule has 0 amide bonds. The van der Waals surface area contributed by atoms with Crippen LogP contribution in [0.4, 0.5) is 10.1 Å². The Balaban J connectivity index is 1.42. The zero-order valence-corrected chi connectivity index (χ0v) is 20.0. The van der Waals surface area contributed by atoms with Gasteiger partial charge in [-0.3, -0.25) is 4.79 Å². The van der Waals surface area contributed by atoms with Crippen molar-refractivity contribution < 1.29 is 17.5 Å². The lowest BCUT2D eigenvalue weighted by molar-refractivity contribution is 0.0595. The van der Waals surface area contributed by atoms with Crippen LogP contribution in [0.25, 0.3) is 0 Å². The van der Waals surface area contributed by atoms with Crippen molar-refractivity contribution >= 4 is 27.3 Å². The predicted octanol–water partition coefficient (Wildman–Crippen LogP) is 2.77. The number of benzene rings is 1. The Labute approximate surface area is 202 Å². The highest BCUT2D eigenvalue weighted by Crippen LogP contribution is 2.28. The predicted molar refractivity (Wildman–Crippen MR) is 124 cm³/mol. The first-order valence-electron chi connectivity index (χ1n) is 11.1. The van der Waals surface area contributed by atoms with Gasteiger partial charge in [-0.2, -0.15) is 14.7 Å². The van der Waals surface area contributed by atoms with Gasteiger partial charge in [-0.15, -0.1) is 0 Å². The number of halogens is 2. The van der Waals surface area contributed by atoms with Gasteiger partial charge in [-0.25, -0.2) is 17.5 Å². The van der Waals surface area contributed by atoms with Gasteiger partial charge in [0, 0.05) is 26.2 Å². The van der Waals surface area contributed by atoms with Crippen LogP contribution in [0.2, 0.25) is 5.02 Å². The number of hydrogen-bond donors (Lipinski definition) is 1. The number of nitrogens with zero attached hydrogens (tertiary/aromatic N) is 4. The number of ether oxygens (including phenoxy) is 1. The zero-order chi connectivity index (χ0) is 24.3. The van der Waals surface area contributed by atoms with Crippen molar-refractivity contribution in [3.05, 3.63) is 51.2 Å². The topological polar surface area (TPSA) is 117 Å². The first-order valence-corrected chi connectivity index (χ1v) is 12.9. The number of sulfonamides is 1. The molecule has 2 aliphatic rings. The number of hydrogen-bond acceptors (Lipinski definition) is 7. The average Bonchev–Trinajstić information content (AvgIpc) is 2.85. The van der Waals surface area contributed by atoms with E-state index >= 15 is 0 Å². The van der Waals surface area contributed by atoms with Crippen molar-refractivity contribution in [2.75, 3.05) is 38.2 Å². The molecule has 34 heavy (non-hydrogen) atoms. The zero-order valence-electron chi connectivity index (χ0n) is 18.4. The molecule has 0 aliphatic carbocycles. The van der Waals surface area contributed by atoms with Crippen molar-refractivity contribution in [2.45, 2.75) is 36.6 Å². The summed E-state index contributed by atoms with van der Waals surface area (Å²) in [6, 6.07) is 4.73. The van der Waals surface area contributed by atoms with Gasteiger partial charge in [0.05, 0.1) is 36.2 Å². The van der Waals surface area contributed by atoms with Gasteiger partial charge in [0.1, 0.15) is 15.7 Å². The highest BCUT2D eigenvalue weighted by atomic mass is 35.5. The fourth-order valence-corrected chi connectivity index (χ4v) is 6.01. The molecule has 2 aliphatic heterocycles. The molecule has 4 rings (SSSR count). The Morgan fingerprint density at radius 3 is 2.71 bits per heavy atom. The highest BCUT2D eigenvalue weighted by Gasteiger charge is 2.33. The molecular weight excluding hydrogens is 485 g/mol. The van der Waals surface area contributed by atoms with E-state index in [1.165, 1.54) is 21.3 Å². The third-order valence-electron chi connectivity index (χ3n) is 6.23. The van der Waals surface area contributed by atoms with Crippen LogP contribution in [-0.4, -0.2) is 55.4 Å². The fourth-order valence-electron chi connectivity index (χ4n) is 4.30. The van der Waals surface area contributed by atoms with Crippen LogP contribution in [0.5, 0.6) is 0 Å². The van der Waals surface area contributed by atoms with Gasteiger partial charge in [-0.05, 0) is 49.8 Å². The second-order valence-corrected chi connectivity index (χ2v) is 10.8. The summed E-state index contributed by atoms with van der Waals surface area (Å²) < 4.78 is 48.0. The Kier molecular flexibility index (Phi) is 7.52. The summed E-state index contributed by atoms with van der Waals surface area (Å²) in [5.41, 5.74) is 0.0679. The van der Waals surface area contributed by atoms with Crippen LogP contribution in [-0.2, 0) is 14.8 Å². The molecule has 2 fully saturated rings. The van der Waals surface area contributed by atoms with Crippen LogP contribution < -0.4 is 10.9 Å². The third kappa shape index (κ3) is 5.10. The summed E-state index contributed by atoms with van der Waals surface area (Å²) in [7, 11) is -4.07. The molecule has 0 spiro atoms. The lowest BCUT2D eigenvalue weighted by atomic mass is 10.0. The first-order chi connectivity index (χ1) is 16.3. The monoisotopic (exact) mass is 509 g/mol. The number of nitriles is 1. The highest BCUT2D eigenvalue weighted by molar-refractivity contribution is 7.89. The quantitative estimate of drug-likeness (QED) is 0.636. The maximum atomic E-state index is 14.3. The Morgan fingerprint density at radius 1 is 1.29 bits per heavy atom. The minimum atomic E-state index is -4.07. The largest absolute Gasteiger partial charge is 0.382 e. The number of aromatic nitrogens is 2. The molecule has 1 atom stereocenters. The lowest BCUT2D eigenvalue weighted by Gasteiger charge is -2.31. The number of nitrogens with one attached hydrogen (secondary N) is 1. The Bertz CT molecular complexity index is 1250. The van der Waals surface area contributed by atoms with Crippen LogP contribution in [0, 0.1) is 23.1 Å². The van der Waals surface area contributed by atoms with Crippen molar-refractivity contribution in [1.29, 1.82) is 5.26 Å². The molecule has 0 bridgehead atoms. The summed E-state index contributed by atoms with van der Waals surface area (Å²) in [4.78, 5) is 12.4. The number of piperidine rings is 1. The minimum Gasteiger partial charge on any atom is -0.382 e. The molecule has 2 aromatic rings. The van der Waals surface area contributed by atoms with Crippen molar-refractivity contribution in [3.8, 4) is 6.07 Å². The first kappa shape index (κ1) is 24.6. The van der Waals surface area contributed by atoms with Gasteiger partial charge in [0.15, 0.2) is 0 Å². The maximum absolute atomic E-state index is 14.3. The second kappa shape index (κ2) is 10.4. The Morgan fingerprint density at radius 2 is 2.06 bits per heavy atom. The summed E-state index contributed by atoms with van der Waals surface area (Å²) in [5.74, 6) is -0.617. The summed E-state index contributed by atoms with van der Waals surface area (Å²) in [6.07, 6.45) is 4.22. The third-order valence-corrected chi connectivity index (χ3v) is 8.52. The van der Waals surface area contributed by atoms with Crippen LogP contribution in [0.15, 0.2) is 34.1 Å². The normalized spacial score (nSPS) is 20.1. The maximum Gasteiger partial charge on any atom is 0.287 e. The van der Waals surface area contributed by atoms with E-state index in [4.69, 9.17) is 21.6 Å².